The summed E-state index contributed by atoms with van der Waals surface area (Å²) in [5, 5.41) is 2.80. The second kappa shape index (κ2) is 13.1. The molecule has 0 bridgehead atoms. The molecule has 3 rings (SSSR count). The van der Waals surface area contributed by atoms with Crippen LogP contribution in [0.2, 0.25) is 0 Å². The van der Waals surface area contributed by atoms with Crippen LogP contribution in [0.4, 0.5) is 5.69 Å². The number of para-hydroxylation sites is 1. The average Bonchev–Trinajstić information content (AvgIpc) is 2.93. The van der Waals surface area contributed by atoms with E-state index in [-0.39, 0.29) is 17.3 Å². The summed E-state index contributed by atoms with van der Waals surface area (Å²) in [5.41, 5.74) is 2.26. The molecule has 0 fully saturated rings. The number of nitrogens with zero attached hydrogens (tertiary/aromatic N) is 2. The number of hydrogen-bond acceptors (Lipinski definition) is 5. The Hall–Kier alpha value is -3.85. The third-order valence-corrected chi connectivity index (χ3v) is 7.97. The predicted octanol–water partition coefficient (Wildman–Crippen LogP) is 4.14. The maximum absolute atomic E-state index is 13.9. The van der Waals surface area contributed by atoms with E-state index >= 15 is 0 Å². The van der Waals surface area contributed by atoms with Crippen molar-refractivity contribution in [2.45, 2.75) is 44.7 Å². The number of ether oxygens (including phenoxy) is 1. The number of amides is 2. The number of carbonyl (C=O) groups is 2. The summed E-state index contributed by atoms with van der Waals surface area (Å²) in [6.45, 7) is 5.73. The Labute approximate surface area is 225 Å². The summed E-state index contributed by atoms with van der Waals surface area (Å²) in [6, 6.07) is 21.4. The van der Waals surface area contributed by atoms with E-state index < -0.39 is 28.5 Å². The van der Waals surface area contributed by atoms with Gasteiger partial charge < -0.3 is 15.0 Å². The minimum atomic E-state index is -4.12. The van der Waals surface area contributed by atoms with E-state index in [0.29, 0.717) is 24.4 Å². The minimum absolute atomic E-state index is 0.0239. The van der Waals surface area contributed by atoms with Crippen molar-refractivity contribution >= 4 is 27.5 Å². The number of methoxy groups -OCH3 is 1. The van der Waals surface area contributed by atoms with Crippen LogP contribution in [0.25, 0.3) is 0 Å². The summed E-state index contributed by atoms with van der Waals surface area (Å²) in [4.78, 5) is 28.3. The van der Waals surface area contributed by atoms with Gasteiger partial charge in [0.25, 0.3) is 10.0 Å². The van der Waals surface area contributed by atoms with Gasteiger partial charge in [-0.2, -0.15) is 0 Å². The molecule has 0 heterocycles. The lowest BCUT2D eigenvalue weighted by Crippen LogP contribution is -2.52. The minimum Gasteiger partial charge on any atom is -0.497 e. The van der Waals surface area contributed by atoms with Gasteiger partial charge >= 0.3 is 0 Å². The number of likely N-dealkylation sites (N-methyl/N-ethyl adjacent to an activating group) is 1. The largest absolute Gasteiger partial charge is 0.497 e. The van der Waals surface area contributed by atoms with Gasteiger partial charge in [-0.3, -0.25) is 13.9 Å². The Balaban J connectivity index is 2.02. The van der Waals surface area contributed by atoms with Gasteiger partial charge in [-0.15, -0.1) is 0 Å². The van der Waals surface area contributed by atoms with Crippen molar-refractivity contribution in [1.29, 1.82) is 0 Å². The zero-order valence-electron chi connectivity index (χ0n) is 22.3. The fourth-order valence-electron chi connectivity index (χ4n) is 4.10. The highest BCUT2D eigenvalue weighted by molar-refractivity contribution is 7.92. The molecule has 3 aromatic rings. The Kier molecular flexibility index (Phi) is 9.90. The third-order valence-electron chi connectivity index (χ3n) is 6.18. The number of nitrogens with one attached hydrogen (secondary N) is 1. The van der Waals surface area contributed by atoms with Crippen molar-refractivity contribution in [1.82, 2.24) is 10.2 Å². The van der Waals surface area contributed by atoms with Crippen LogP contribution in [0.15, 0.2) is 83.8 Å². The van der Waals surface area contributed by atoms with Gasteiger partial charge in [0.1, 0.15) is 18.3 Å². The SMILES string of the molecule is CCNC(=O)C(CC)N(Cc1ccc(C)cc1)C(=O)CN(c1ccccc1)S(=O)(=O)c1ccc(OC)cc1. The summed E-state index contributed by atoms with van der Waals surface area (Å²) < 4.78 is 33.8. The van der Waals surface area contributed by atoms with Crippen LogP contribution >= 0.6 is 0 Å². The zero-order chi connectivity index (χ0) is 27.7. The fourth-order valence-corrected chi connectivity index (χ4v) is 5.51. The molecule has 8 nitrogen and oxygen atoms in total. The van der Waals surface area contributed by atoms with Gasteiger partial charge in [-0.05, 0) is 62.2 Å². The fraction of sp³-hybridized carbons (Fsp3) is 0.310. The average molecular weight is 538 g/mol. The molecule has 0 radical (unpaired) electrons. The summed E-state index contributed by atoms with van der Waals surface area (Å²) in [6.07, 6.45) is 0.375. The van der Waals surface area contributed by atoms with Crippen molar-refractivity contribution in [2.75, 3.05) is 24.5 Å². The van der Waals surface area contributed by atoms with Gasteiger partial charge in [-0.25, -0.2) is 8.42 Å². The first-order valence-corrected chi connectivity index (χ1v) is 14.0. The maximum Gasteiger partial charge on any atom is 0.264 e. The van der Waals surface area contributed by atoms with Crippen LogP contribution in [0, 0.1) is 6.92 Å². The number of benzene rings is 3. The smallest absolute Gasteiger partial charge is 0.264 e. The number of hydrogen-bond donors (Lipinski definition) is 1. The molecule has 0 spiro atoms. The zero-order valence-corrected chi connectivity index (χ0v) is 23.1. The third kappa shape index (κ3) is 6.92. The molecule has 0 saturated heterocycles. The van der Waals surface area contributed by atoms with E-state index in [4.69, 9.17) is 4.74 Å². The van der Waals surface area contributed by atoms with Gasteiger partial charge in [0.2, 0.25) is 11.8 Å². The molecule has 0 saturated carbocycles. The lowest BCUT2D eigenvalue weighted by atomic mass is 10.1. The molecule has 3 aromatic carbocycles. The number of rotatable bonds is 12. The first kappa shape index (κ1) is 28.7. The molecular formula is C29H35N3O5S. The van der Waals surface area contributed by atoms with Gasteiger partial charge in [0, 0.05) is 13.1 Å². The van der Waals surface area contributed by atoms with E-state index in [1.54, 1.807) is 42.5 Å². The first-order chi connectivity index (χ1) is 18.2. The van der Waals surface area contributed by atoms with E-state index in [0.717, 1.165) is 15.4 Å². The summed E-state index contributed by atoms with van der Waals surface area (Å²) >= 11 is 0. The van der Waals surface area contributed by atoms with E-state index in [9.17, 15) is 18.0 Å². The molecule has 38 heavy (non-hydrogen) atoms. The lowest BCUT2D eigenvalue weighted by molar-refractivity contribution is -0.140. The number of anilines is 1. The number of sulfonamides is 1. The molecule has 1 N–H and O–H groups in total. The second-order valence-corrected chi connectivity index (χ2v) is 10.7. The molecule has 1 unspecified atom stereocenters. The first-order valence-electron chi connectivity index (χ1n) is 12.6. The van der Waals surface area contributed by atoms with Crippen LogP contribution in [0.3, 0.4) is 0 Å². The highest BCUT2D eigenvalue weighted by atomic mass is 32.2. The van der Waals surface area contributed by atoms with Gasteiger partial charge in [-0.1, -0.05) is 55.0 Å². The van der Waals surface area contributed by atoms with Crippen molar-refractivity contribution < 1.29 is 22.7 Å². The Morgan fingerprint density at radius 3 is 2.11 bits per heavy atom. The van der Waals surface area contributed by atoms with Crippen molar-refractivity contribution in [3.63, 3.8) is 0 Å². The molecule has 9 heteroatoms. The molecule has 0 aromatic heterocycles. The Bertz CT molecular complexity index is 1310. The highest BCUT2D eigenvalue weighted by Gasteiger charge is 2.33. The van der Waals surface area contributed by atoms with E-state index in [2.05, 4.69) is 5.32 Å². The number of carbonyl (C=O) groups excluding carboxylic acids is 2. The Morgan fingerprint density at radius 2 is 1.55 bits per heavy atom. The summed E-state index contributed by atoms with van der Waals surface area (Å²) in [7, 11) is -2.62. The molecular weight excluding hydrogens is 502 g/mol. The molecule has 0 aliphatic carbocycles. The predicted molar refractivity (Wildman–Crippen MR) is 148 cm³/mol. The second-order valence-electron chi connectivity index (χ2n) is 8.85. The van der Waals surface area contributed by atoms with Crippen LogP contribution < -0.4 is 14.4 Å². The van der Waals surface area contributed by atoms with Gasteiger partial charge in [0.15, 0.2) is 0 Å². The van der Waals surface area contributed by atoms with Crippen molar-refractivity contribution in [3.8, 4) is 5.75 Å². The van der Waals surface area contributed by atoms with Crippen LogP contribution in [-0.2, 0) is 26.2 Å². The lowest BCUT2D eigenvalue weighted by Gasteiger charge is -2.33. The van der Waals surface area contributed by atoms with E-state index in [1.807, 2.05) is 45.0 Å². The quantitative estimate of drug-likeness (QED) is 0.375. The van der Waals surface area contributed by atoms with Crippen molar-refractivity contribution in [3.05, 3.63) is 90.0 Å². The molecule has 0 aliphatic heterocycles. The van der Waals surface area contributed by atoms with Gasteiger partial charge in [0.05, 0.1) is 17.7 Å². The number of aryl methyl sites for hydroxylation is 1. The molecule has 1 atom stereocenters. The standard InChI is InChI=1S/C29H35N3O5S/c1-5-27(29(34)30-6-2)31(20-23-14-12-22(3)13-15-23)28(33)21-32(24-10-8-7-9-11-24)38(35,36)26-18-16-25(37-4)17-19-26/h7-19,27H,5-6,20-21H2,1-4H3,(H,30,34). The topological polar surface area (TPSA) is 96.0 Å². The molecule has 202 valence electrons. The van der Waals surface area contributed by atoms with Crippen LogP contribution in [0.5, 0.6) is 5.75 Å². The molecule has 2 amide bonds. The van der Waals surface area contributed by atoms with Crippen molar-refractivity contribution in [2.24, 2.45) is 0 Å². The van der Waals surface area contributed by atoms with Crippen LogP contribution in [-0.4, -0.2) is 51.4 Å². The van der Waals surface area contributed by atoms with Crippen LogP contribution in [0.1, 0.15) is 31.4 Å². The summed E-state index contributed by atoms with van der Waals surface area (Å²) in [5.74, 6) is -0.243. The molecule has 0 aliphatic rings. The normalized spacial score (nSPS) is 11.9. The highest BCUT2D eigenvalue weighted by Crippen LogP contribution is 2.26. The Morgan fingerprint density at radius 1 is 0.921 bits per heavy atom. The van der Waals surface area contributed by atoms with E-state index in [1.165, 1.54) is 24.1 Å². The maximum atomic E-state index is 13.9. The monoisotopic (exact) mass is 537 g/mol.